The van der Waals surface area contributed by atoms with Crippen LogP contribution in [0, 0.1) is 5.41 Å². The molecular weight excluding hydrogens is 256 g/mol. The minimum Gasteiger partial charge on any atom is -0.394 e. The Morgan fingerprint density at radius 1 is 1.53 bits per heavy atom. The average molecular weight is 270 g/mol. The van der Waals surface area contributed by atoms with Crippen molar-refractivity contribution in [1.82, 2.24) is 9.55 Å². The fraction of sp³-hybridized carbons (Fsp3) is 0.500. The number of amidine groups is 1. The van der Waals surface area contributed by atoms with Gasteiger partial charge in [0.25, 0.3) is 5.56 Å². The highest BCUT2D eigenvalue weighted by molar-refractivity contribution is 5.92. The predicted molar refractivity (Wildman–Crippen MR) is 62.5 cm³/mol. The quantitative estimate of drug-likeness (QED) is 0.292. The fourth-order valence-electron chi connectivity index (χ4n) is 1.92. The molecule has 6 N–H and O–H groups in total. The Hall–Kier alpha value is -1.81. The van der Waals surface area contributed by atoms with Crippen LogP contribution in [0.1, 0.15) is 11.9 Å². The number of hydrogen-bond donors (Lipinski definition) is 5. The molecule has 1 aliphatic heterocycles. The smallest absolute Gasteiger partial charge is 0.282 e. The highest BCUT2D eigenvalue weighted by Crippen LogP contribution is 2.27. The fourth-order valence-corrected chi connectivity index (χ4v) is 1.92. The minimum atomic E-state index is -1.38. The SMILES string of the molecule is N=C(N)c1nccn([C@@H]2O[C@H](CO)[C@@H](O)[C@@H]2O)c1=O. The topological polar surface area (TPSA) is 155 Å². The van der Waals surface area contributed by atoms with Crippen molar-refractivity contribution in [3.63, 3.8) is 0 Å². The molecular formula is C10H14N4O5. The first-order valence-electron chi connectivity index (χ1n) is 5.51. The van der Waals surface area contributed by atoms with Gasteiger partial charge < -0.3 is 25.8 Å². The molecule has 0 aliphatic carbocycles. The van der Waals surface area contributed by atoms with Crippen LogP contribution < -0.4 is 11.3 Å². The third-order valence-electron chi connectivity index (χ3n) is 2.91. The van der Waals surface area contributed by atoms with Gasteiger partial charge in [-0.1, -0.05) is 0 Å². The highest BCUT2D eigenvalue weighted by Gasteiger charge is 2.43. The summed E-state index contributed by atoms with van der Waals surface area (Å²) < 4.78 is 6.19. The molecule has 0 radical (unpaired) electrons. The van der Waals surface area contributed by atoms with Crippen molar-refractivity contribution in [2.45, 2.75) is 24.5 Å². The normalized spacial score (nSPS) is 30.5. The number of aliphatic hydroxyl groups is 3. The lowest BCUT2D eigenvalue weighted by Crippen LogP contribution is -2.38. The molecule has 2 heterocycles. The Balaban J connectivity index is 2.41. The van der Waals surface area contributed by atoms with E-state index in [4.69, 9.17) is 21.0 Å². The second-order valence-corrected chi connectivity index (χ2v) is 4.13. The maximum Gasteiger partial charge on any atom is 0.282 e. The van der Waals surface area contributed by atoms with Gasteiger partial charge in [0.1, 0.15) is 24.1 Å². The van der Waals surface area contributed by atoms with Crippen molar-refractivity contribution in [2.75, 3.05) is 6.61 Å². The number of aliphatic hydroxyl groups excluding tert-OH is 3. The Morgan fingerprint density at radius 2 is 2.21 bits per heavy atom. The van der Waals surface area contributed by atoms with Crippen molar-refractivity contribution in [3.05, 3.63) is 28.4 Å². The van der Waals surface area contributed by atoms with E-state index in [0.717, 1.165) is 4.57 Å². The van der Waals surface area contributed by atoms with Crippen molar-refractivity contribution in [3.8, 4) is 0 Å². The summed E-state index contributed by atoms with van der Waals surface area (Å²) in [6, 6.07) is 0. The van der Waals surface area contributed by atoms with Crippen LogP contribution in [0.4, 0.5) is 0 Å². The summed E-state index contributed by atoms with van der Waals surface area (Å²) >= 11 is 0. The Bertz CT molecular complexity index is 545. The number of rotatable bonds is 3. The first kappa shape index (κ1) is 13.6. The van der Waals surface area contributed by atoms with Gasteiger partial charge in [0.2, 0.25) is 0 Å². The standard InChI is InChI=1S/C10H14N4O5/c11-8(12)5-9(18)14(2-1-13-5)10-7(17)6(16)4(3-15)19-10/h1-2,4,6-7,10,15-17H,3H2,(H3,11,12)/t4-,6-,7+,10-/m1/s1. The van der Waals surface area contributed by atoms with Gasteiger partial charge >= 0.3 is 0 Å². The van der Waals surface area contributed by atoms with Crippen LogP contribution in [-0.4, -0.2) is 55.6 Å². The van der Waals surface area contributed by atoms with E-state index in [1.807, 2.05) is 0 Å². The average Bonchev–Trinajstić information content (AvgIpc) is 2.66. The van der Waals surface area contributed by atoms with E-state index in [1.54, 1.807) is 0 Å². The van der Waals surface area contributed by atoms with Crippen molar-refractivity contribution in [2.24, 2.45) is 5.73 Å². The van der Waals surface area contributed by atoms with Crippen LogP contribution in [-0.2, 0) is 4.74 Å². The third kappa shape index (κ3) is 2.24. The van der Waals surface area contributed by atoms with Crippen LogP contribution in [0.3, 0.4) is 0 Å². The van der Waals surface area contributed by atoms with Gasteiger partial charge in [-0.15, -0.1) is 0 Å². The van der Waals surface area contributed by atoms with E-state index < -0.39 is 42.5 Å². The Kier molecular flexibility index (Phi) is 3.62. The molecule has 0 amide bonds. The van der Waals surface area contributed by atoms with Crippen molar-refractivity contribution >= 4 is 5.84 Å². The second-order valence-electron chi connectivity index (χ2n) is 4.13. The molecule has 0 bridgehead atoms. The van der Waals surface area contributed by atoms with Crippen LogP contribution >= 0.6 is 0 Å². The molecule has 2 rings (SSSR count). The Morgan fingerprint density at radius 3 is 2.74 bits per heavy atom. The summed E-state index contributed by atoms with van der Waals surface area (Å²) in [5, 5.41) is 35.6. The van der Waals surface area contributed by atoms with Gasteiger partial charge in [-0.25, -0.2) is 4.98 Å². The third-order valence-corrected chi connectivity index (χ3v) is 2.91. The van der Waals surface area contributed by atoms with Crippen molar-refractivity contribution < 1.29 is 20.1 Å². The van der Waals surface area contributed by atoms with Gasteiger partial charge in [-0.2, -0.15) is 0 Å². The summed E-state index contributed by atoms with van der Waals surface area (Å²) in [6.45, 7) is -0.492. The molecule has 104 valence electrons. The summed E-state index contributed by atoms with van der Waals surface area (Å²) in [7, 11) is 0. The van der Waals surface area contributed by atoms with Gasteiger partial charge in [-0.05, 0) is 0 Å². The number of nitrogens with two attached hydrogens (primary N) is 1. The van der Waals surface area contributed by atoms with E-state index in [0.29, 0.717) is 0 Å². The number of ether oxygens (including phenoxy) is 1. The number of nitrogen functional groups attached to an aromatic ring is 1. The summed E-state index contributed by atoms with van der Waals surface area (Å²) in [4.78, 5) is 15.7. The molecule has 9 nitrogen and oxygen atoms in total. The van der Waals surface area contributed by atoms with Crippen LogP contribution in [0.15, 0.2) is 17.2 Å². The highest BCUT2D eigenvalue weighted by atomic mass is 16.6. The molecule has 0 spiro atoms. The first-order valence-corrected chi connectivity index (χ1v) is 5.51. The van der Waals surface area contributed by atoms with E-state index in [1.165, 1.54) is 12.4 Å². The zero-order chi connectivity index (χ0) is 14.2. The molecule has 1 saturated heterocycles. The molecule has 1 aliphatic rings. The lowest BCUT2D eigenvalue weighted by molar-refractivity contribution is -0.0545. The summed E-state index contributed by atoms with van der Waals surface area (Å²) in [5.74, 6) is -0.508. The molecule has 4 atom stereocenters. The van der Waals surface area contributed by atoms with E-state index in [9.17, 15) is 15.0 Å². The number of nitrogens with one attached hydrogen (secondary N) is 1. The predicted octanol–water partition coefficient (Wildman–Crippen LogP) is -2.86. The lowest BCUT2D eigenvalue weighted by Gasteiger charge is -2.17. The summed E-state index contributed by atoms with van der Waals surface area (Å²) in [6.07, 6.45) is -2.36. The summed E-state index contributed by atoms with van der Waals surface area (Å²) in [5.41, 5.74) is 4.22. The van der Waals surface area contributed by atoms with Gasteiger partial charge in [-0.3, -0.25) is 14.8 Å². The van der Waals surface area contributed by atoms with E-state index in [-0.39, 0.29) is 5.69 Å². The molecule has 1 aromatic heterocycles. The number of aromatic nitrogens is 2. The van der Waals surface area contributed by atoms with Crippen LogP contribution in [0.25, 0.3) is 0 Å². The van der Waals surface area contributed by atoms with Gasteiger partial charge in [0.15, 0.2) is 11.9 Å². The molecule has 0 unspecified atom stereocenters. The lowest BCUT2D eigenvalue weighted by atomic mass is 10.1. The van der Waals surface area contributed by atoms with Crippen LogP contribution in [0.2, 0.25) is 0 Å². The molecule has 0 saturated carbocycles. The van der Waals surface area contributed by atoms with Crippen molar-refractivity contribution in [1.29, 1.82) is 5.41 Å². The minimum absolute atomic E-state index is 0.278. The van der Waals surface area contributed by atoms with Crippen LogP contribution in [0.5, 0.6) is 0 Å². The first-order chi connectivity index (χ1) is 8.97. The largest absolute Gasteiger partial charge is 0.394 e. The zero-order valence-corrected chi connectivity index (χ0v) is 9.80. The van der Waals surface area contributed by atoms with E-state index in [2.05, 4.69) is 4.98 Å². The monoisotopic (exact) mass is 270 g/mol. The molecule has 9 heteroatoms. The van der Waals surface area contributed by atoms with E-state index >= 15 is 0 Å². The molecule has 0 aromatic carbocycles. The van der Waals surface area contributed by atoms with Gasteiger partial charge in [0, 0.05) is 12.4 Å². The maximum atomic E-state index is 12.0. The Labute approximate surface area is 107 Å². The molecule has 1 fully saturated rings. The van der Waals surface area contributed by atoms with Gasteiger partial charge in [0.05, 0.1) is 6.61 Å². The molecule has 1 aromatic rings. The molecule has 19 heavy (non-hydrogen) atoms. The number of nitrogens with zero attached hydrogens (tertiary/aromatic N) is 2. The zero-order valence-electron chi connectivity index (χ0n) is 9.80. The number of hydrogen-bond acceptors (Lipinski definition) is 7. The maximum absolute atomic E-state index is 12.0. The second kappa shape index (κ2) is 5.05.